The Labute approximate surface area is 231 Å². The minimum absolute atomic E-state index is 0.883. The molecule has 0 amide bonds. The predicted octanol–water partition coefficient (Wildman–Crippen LogP) is 11.3. The molecular formula is C34H20BrNOS. The van der Waals surface area contributed by atoms with Crippen molar-refractivity contribution in [2.24, 2.45) is 0 Å². The van der Waals surface area contributed by atoms with E-state index >= 15 is 0 Å². The SMILES string of the molecule is Brc1ccc2oc3c4ccccc4cc(N(c4ccccc4)c4ccc5c(c4)sc4ccccc45)c3c2c1. The second-order valence-electron chi connectivity index (χ2n) is 9.51. The maximum absolute atomic E-state index is 6.55. The van der Waals surface area contributed by atoms with Crippen LogP contribution in [0.2, 0.25) is 0 Å². The van der Waals surface area contributed by atoms with Gasteiger partial charge >= 0.3 is 0 Å². The number of hydrogen-bond acceptors (Lipinski definition) is 3. The molecule has 38 heavy (non-hydrogen) atoms. The Morgan fingerprint density at radius 1 is 0.579 bits per heavy atom. The van der Waals surface area contributed by atoms with Crippen molar-refractivity contribution in [3.05, 3.63) is 126 Å². The van der Waals surface area contributed by atoms with E-state index < -0.39 is 0 Å². The van der Waals surface area contributed by atoms with Gasteiger partial charge in [0.2, 0.25) is 0 Å². The molecule has 2 aromatic heterocycles. The summed E-state index contributed by atoms with van der Waals surface area (Å²) < 4.78 is 10.2. The van der Waals surface area contributed by atoms with Crippen LogP contribution in [-0.4, -0.2) is 0 Å². The molecule has 0 atom stereocenters. The fourth-order valence-corrected chi connectivity index (χ4v) is 7.10. The van der Waals surface area contributed by atoms with E-state index in [1.54, 1.807) is 0 Å². The molecule has 180 valence electrons. The second kappa shape index (κ2) is 8.45. The number of rotatable bonds is 3. The van der Waals surface area contributed by atoms with Gasteiger partial charge in [-0.2, -0.15) is 0 Å². The lowest BCUT2D eigenvalue weighted by Crippen LogP contribution is -2.10. The molecule has 0 saturated carbocycles. The maximum atomic E-state index is 6.55. The number of furan rings is 1. The van der Waals surface area contributed by atoms with Crippen LogP contribution < -0.4 is 4.90 Å². The Morgan fingerprint density at radius 2 is 1.34 bits per heavy atom. The summed E-state index contributed by atoms with van der Waals surface area (Å²) in [5.74, 6) is 0. The van der Waals surface area contributed by atoms with Crippen LogP contribution in [0.4, 0.5) is 17.1 Å². The first-order chi connectivity index (χ1) is 18.7. The highest BCUT2D eigenvalue weighted by atomic mass is 79.9. The molecule has 0 fully saturated rings. The summed E-state index contributed by atoms with van der Waals surface area (Å²) in [6.45, 7) is 0. The average molecular weight is 571 g/mol. The fraction of sp³-hybridized carbons (Fsp3) is 0. The average Bonchev–Trinajstić information content (AvgIpc) is 3.52. The topological polar surface area (TPSA) is 16.4 Å². The van der Waals surface area contributed by atoms with E-state index in [0.717, 1.165) is 54.2 Å². The highest BCUT2D eigenvalue weighted by Crippen LogP contribution is 2.47. The van der Waals surface area contributed by atoms with Gasteiger partial charge in [-0.3, -0.25) is 0 Å². The zero-order chi connectivity index (χ0) is 25.2. The molecule has 0 saturated heterocycles. The number of para-hydroxylation sites is 1. The smallest absolute Gasteiger partial charge is 0.145 e. The molecule has 0 unspecified atom stereocenters. The highest BCUT2D eigenvalue weighted by Gasteiger charge is 2.22. The second-order valence-corrected chi connectivity index (χ2v) is 11.5. The Kier molecular flexibility index (Phi) is 4.87. The van der Waals surface area contributed by atoms with Crippen LogP contribution >= 0.6 is 27.3 Å². The molecule has 0 N–H and O–H groups in total. The third-order valence-corrected chi connectivity index (χ3v) is 8.91. The van der Waals surface area contributed by atoms with Crippen molar-refractivity contribution in [1.82, 2.24) is 0 Å². The third-order valence-electron chi connectivity index (χ3n) is 7.28. The molecule has 0 radical (unpaired) electrons. The molecule has 0 spiro atoms. The maximum Gasteiger partial charge on any atom is 0.145 e. The van der Waals surface area contributed by atoms with Gasteiger partial charge in [0.05, 0.1) is 11.1 Å². The van der Waals surface area contributed by atoms with Gasteiger partial charge in [0, 0.05) is 46.8 Å². The minimum atomic E-state index is 0.883. The first-order valence-corrected chi connectivity index (χ1v) is 14.2. The Bertz CT molecular complexity index is 2160. The van der Waals surface area contributed by atoms with E-state index in [0.29, 0.717) is 0 Å². The molecule has 0 aliphatic heterocycles. The lowest BCUT2D eigenvalue weighted by Gasteiger charge is -2.27. The van der Waals surface area contributed by atoms with Crippen LogP contribution in [0.15, 0.2) is 130 Å². The van der Waals surface area contributed by atoms with Crippen molar-refractivity contribution in [2.75, 3.05) is 4.90 Å². The van der Waals surface area contributed by atoms with Gasteiger partial charge in [0.1, 0.15) is 11.2 Å². The molecule has 0 bridgehead atoms. The summed E-state index contributed by atoms with van der Waals surface area (Å²) in [7, 11) is 0. The van der Waals surface area contributed by atoms with Crippen LogP contribution in [0.1, 0.15) is 0 Å². The fourth-order valence-electron chi connectivity index (χ4n) is 5.60. The molecular weight excluding hydrogens is 550 g/mol. The number of nitrogens with zero attached hydrogens (tertiary/aromatic N) is 1. The van der Waals surface area contributed by atoms with Crippen LogP contribution in [0.25, 0.3) is 52.9 Å². The normalized spacial score (nSPS) is 11.8. The van der Waals surface area contributed by atoms with Gasteiger partial charge in [0.25, 0.3) is 0 Å². The Balaban J connectivity index is 1.49. The molecule has 6 aromatic carbocycles. The standard InChI is InChI=1S/C34H20BrNOS/c35-22-14-17-30-28(19-22)33-29(18-21-8-4-5-11-25(21)34(33)37-30)36(23-9-2-1-3-10-23)24-15-16-27-26-12-6-7-13-31(26)38-32(27)20-24/h1-20H. The van der Waals surface area contributed by atoms with Crippen molar-refractivity contribution in [2.45, 2.75) is 0 Å². The van der Waals surface area contributed by atoms with Crippen molar-refractivity contribution >= 4 is 97.2 Å². The lowest BCUT2D eigenvalue weighted by molar-refractivity contribution is 0.672. The summed E-state index contributed by atoms with van der Waals surface area (Å²) in [4.78, 5) is 2.37. The van der Waals surface area contributed by atoms with E-state index in [4.69, 9.17) is 4.42 Å². The monoisotopic (exact) mass is 569 g/mol. The van der Waals surface area contributed by atoms with Gasteiger partial charge in [-0.25, -0.2) is 0 Å². The van der Waals surface area contributed by atoms with E-state index in [9.17, 15) is 0 Å². The van der Waals surface area contributed by atoms with Gasteiger partial charge in [-0.05, 0) is 60.0 Å². The first kappa shape index (κ1) is 21.9. The van der Waals surface area contributed by atoms with E-state index in [-0.39, 0.29) is 0 Å². The van der Waals surface area contributed by atoms with Crippen LogP contribution in [0.3, 0.4) is 0 Å². The summed E-state index contributed by atoms with van der Waals surface area (Å²) in [6.07, 6.45) is 0. The van der Waals surface area contributed by atoms with Crippen molar-refractivity contribution in [3.63, 3.8) is 0 Å². The minimum Gasteiger partial charge on any atom is -0.455 e. The number of thiophene rings is 1. The molecule has 4 heteroatoms. The van der Waals surface area contributed by atoms with Crippen molar-refractivity contribution in [3.8, 4) is 0 Å². The molecule has 0 aliphatic carbocycles. The molecule has 8 aromatic rings. The molecule has 2 nitrogen and oxygen atoms in total. The van der Waals surface area contributed by atoms with Gasteiger partial charge < -0.3 is 9.32 Å². The third kappa shape index (κ3) is 3.31. The van der Waals surface area contributed by atoms with Gasteiger partial charge in [0.15, 0.2) is 0 Å². The van der Waals surface area contributed by atoms with E-state index in [2.05, 4.69) is 130 Å². The predicted molar refractivity (Wildman–Crippen MR) is 166 cm³/mol. The zero-order valence-corrected chi connectivity index (χ0v) is 22.6. The van der Waals surface area contributed by atoms with Crippen molar-refractivity contribution < 1.29 is 4.42 Å². The summed E-state index contributed by atoms with van der Waals surface area (Å²) >= 11 is 5.54. The van der Waals surface area contributed by atoms with Crippen LogP contribution in [-0.2, 0) is 0 Å². The number of hydrogen-bond donors (Lipinski definition) is 0. The lowest BCUT2D eigenvalue weighted by atomic mass is 10.0. The number of anilines is 3. The Hall–Kier alpha value is -4.12. The zero-order valence-electron chi connectivity index (χ0n) is 20.2. The van der Waals surface area contributed by atoms with Gasteiger partial charge in [-0.15, -0.1) is 11.3 Å². The van der Waals surface area contributed by atoms with Crippen molar-refractivity contribution in [1.29, 1.82) is 0 Å². The summed E-state index contributed by atoms with van der Waals surface area (Å²) in [5.41, 5.74) is 5.12. The van der Waals surface area contributed by atoms with E-state index in [1.807, 2.05) is 23.5 Å². The van der Waals surface area contributed by atoms with E-state index in [1.165, 1.54) is 20.2 Å². The quantitative estimate of drug-likeness (QED) is 0.210. The number of halogens is 1. The largest absolute Gasteiger partial charge is 0.455 e. The van der Waals surface area contributed by atoms with Crippen LogP contribution in [0.5, 0.6) is 0 Å². The summed E-state index contributed by atoms with van der Waals surface area (Å²) in [6, 6.07) is 43.1. The summed E-state index contributed by atoms with van der Waals surface area (Å²) in [5, 5.41) is 7.08. The first-order valence-electron chi connectivity index (χ1n) is 12.5. The molecule has 0 aliphatic rings. The number of fused-ring (bicyclic) bond motifs is 8. The molecule has 2 heterocycles. The Morgan fingerprint density at radius 3 is 2.24 bits per heavy atom. The molecule has 8 rings (SSSR count). The number of benzene rings is 6. The van der Waals surface area contributed by atoms with Crippen LogP contribution in [0, 0.1) is 0 Å². The highest BCUT2D eigenvalue weighted by molar-refractivity contribution is 9.10. The van der Waals surface area contributed by atoms with Gasteiger partial charge in [-0.1, -0.05) is 82.7 Å².